The quantitative estimate of drug-likeness (QED) is 0.351. The third kappa shape index (κ3) is 4.81. The van der Waals surface area contributed by atoms with Gasteiger partial charge in [-0.3, -0.25) is 0 Å². The van der Waals surface area contributed by atoms with E-state index in [4.69, 9.17) is 24.2 Å². The van der Waals surface area contributed by atoms with Crippen LogP contribution in [0.4, 0.5) is 0 Å². The smallest absolute Gasteiger partial charge is 0.161 e. The summed E-state index contributed by atoms with van der Waals surface area (Å²) in [5.74, 6) is 2.69. The summed E-state index contributed by atoms with van der Waals surface area (Å²) in [6.07, 6.45) is 1.32. The van der Waals surface area contributed by atoms with Gasteiger partial charge in [-0.05, 0) is 42.5 Å². The van der Waals surface area contributed by atoms with E-state index in [1.807, 2.05) is 24.3 Å². The molecule has 0 amide bonds. The highest BCUT2D eigenvalue weighted by Gasteiger charge is 2.05. The van der Waals surface area contributed by atoms with Crippen molar-refractivity contribution in [3.8, 4) is 23.0 Å². The van der Waals surface area contributed by atoms with Crippen molar-refractivity contribution in [2.75, 3.05) is 27.4 Å². The zero-order chi connectivity index (χ0) is 16.5. The molecular formula is C17H19NO5. The molecule has 0 aliphatic carbocycles. The van der Waals surface area contributed by atoms with Gasteiger partial charge in [0.1, 0.15) is 24.7 Å². The van der Waals surface area contributed by atoms with Gasteiger partial charge in [0, 0.05) is 5.56 Å². The summed E-state index contributed by atoms with van der Waals surface area (Å²) in [6.45, 7) is 0.769. The molecule has 0 spiro atoms. The second-order valence-corrected chi connectivity index (χ2v) is 4.53. The molecule has 0 aromatic heterocycles. The monoisotopic (exact) mass is 317 g/mol. The van der Waals surface area contributed by atoms with Crippen LogP contribution < -0.4 is 18.9 Å². The maximum Gasteiger partial charge on any atom is 0.161 e. The Bertz CT molecular complexity index is 640. The molecule has 0 aliphatic rings. The Morgan fingerprint density at radius 3 is 2.22 bits per heavy atom. The van der Waals surface area contributed by atoms with E-state index >= 15 is 0 Å². The fraction of sp³-hybridized carbons (Fsp3) is 0.235. The number of ether oxygens (including phenoxy) is 4. The minimum absolute atomic E-state index is 0.371. The van der Waals surface area contributed by atoms with Crippen molar-refractivity contribution >= 4 is 6.21 Å². The van der Waals surface area contributed by atoms with E-state index in [2.05, 4.69) is 5.16 Å². The summed E-state index contributed by atoms with van der Waals surface area (Å²) in [5.41, 5.74) is 0.714. The van der Waals surface area contributed by atoms with E-state index < -0.39 is 0 Å². The summed E-state index contributed by atoms with van der Waals surface area (Å²) >= 11 is 0. The molecule has 0 saturated heterocycles. The normalized spacial score (nSPS) is 10.5. The number of methoxy groups -OCH3 is 2. The van der Waals surface area contributed by atoms with Gasteiger partial charge in [-0.2, -0.15) is 0 Å². The van der Waals surface area contributed by atoms with E-state index in [0.717, 1.165) is 11.5 Å². The van der Waals surface area contributed by atoms with Crippen LogP contribution in [0.25, 0.3) is 0 Å². The highest BCUT2D eigenvalue weighted by atomic mass is 16.5. The van der Waals surface area contributed by atoms with Gasteiger partial charge in [-0.15, -0.1) is 0 Å². The maximum atomic E-state index is 8.54. The molecule has 0 bridgehead atoms. The van der Waals surface area contributed by atoms with E-state index in [-0.39, 0.29) is 0 Å². The van der Waals surface area contributed by atoms with E-state index in [1.54, 1.807) is 32.4 Å². The van der Waals surface area contributed by atoms with E-state index in [0.29, 0.717) is 30.3 Å². The number of nitrogens with zero attached hydrogens (tertiary/aromatic N) is 1. The Balaban J connectivity index is 1.85. The third-order valence-corrected chi connectivity index (χ3v) is 3.06. The fourth-order valence-corrected chi connectivity index (χ4v) is 1.93. The van der Waals surface area contributed by atoms with Crippen molar-refractivity contribution in [2.24, 2.45) is 5.16 Å². The minimum Gasteiger partial charge on any atom is -0.497 e. The van der Waals surface area contributed by atoms with Gasteiger partial charge >= 0.3 is 0 Å². The molecule has 0 fully saturated rings. The largest absolute Gasteiger partial charge is 0.497 e. The molecule has 122 valence electrons. The summed E-state index contributed by atoms with van der Waals surface area (Å²) in [4.78, 5) is 0. The molecule has 0 saturated carbocycles. The predicted octanol–water partition coefficient (Wildman–Crippen LogP) is 2.97. The predicted molar refractivity (Wildman–Crippen MR) is 86.4 cm³/mol. The van der Waals surface area contributed by atoms with Crippen LogP contribution in [0.2, 0.25) is 0 Å². The zero-order valence-electron chi connectivity index (χ0n) is 13.1. The second kappa shape index (κ2) is 8.53. The van der Waals surface area contributed by atoms with Gasteiger partial charge in [0.15, 0.2) is 11.5 Å². The van der Waals surface area contributed by atoms with Crippen molar-refractivity contribution in [2.45, 2.75) is 0 Å². The lowest BCUT2D eigenvalue weighted by Crippen LogP contribution is -2.09. The second-order valence-electron chi connectivity index (χ2n) is 4.53. The van der Waals surface area contributed by atoms with Crippen molar-refractivity contribution in [1.82, 2.24) is 0 Å². The topological polar surface area (TPSA) is 69.5 Å². The molecule has 6 nitrogen and oxygen atoms in total. The number of oxime groups is 1. The maximum absolute atomic E-state index is 8.54. The lowest BCUT2D eigenvalue weighted by molar-refractivity contribution is 0.211. The Labute approximate surface area is 134 Å². The average Bonchev–Trinajstić information content (AvgIpc) is 2.60. The van der Waals surface area contributed by atoms with Crippen LogP contribution in [0.1, 0.15) is 5.56 Å². The fourth-order valence-electron chi connectivity index (χ4n) is 1.93. The highest BCUT2D eigenvalue weighted by molar-refractivity contribution is 5.80. The van der Waals surface area contributed by atoms with Crippen LogP contribution in [0, 0.1) is 0 Å². The minimum atomic E-state index is 0.371. The molecular weight excluding hydrogens is 298 g/mol. The first-order valence-corrected chi connectivity index (χ1v) is 7.02. The summed E-state index contributed by atoms with van der Waals surface area (Å²) in [7, 11) is 3.17. The van der Waals surface area contributed by atoms with Crippen LogP contribution >= 0.6 is 0 Å². The van der Waals surface area contributed by atoms with Crippen molar-refractivity contribution in [3.05, 3.63) is 48.0 Å². The van der Waals surface area contributed by atoms with Gasteiger partial charge in [0.25, 0.3) is 0 Å². The van der Waals surface area contributed by atoms with E-state index in [9.17, 15) is 0 Å². The molecule has 2 aromatic rings. The van der Waals surface area contributed by atoms with Crippen LogP contribution in [0.5, 0.6) is 23.0 Å². The molecule has 1 N–H and O–H groups in total. The SMILES string of the molecule is COc1ccc(OCCOc2ccc(C=NO)cc2OC)cc1. The molecule has 0 heterocycles. The molecule has 23 heavy (non-hydrogen) atoms. The number of rotatable bonds is 8. The van der Waals surface area contributed by atoms with Gasteiger partial charge in [0.05, 0.1) is 20.4 Å². The summed E-state index contributed by atoms with van der Waals surface area (Å²) in [5, 5.41) is 11.5. The highest BCUT2D eigenvalue weighted by Crippen LogP contribution is 2.27. The summed E-state index contributed by atoms with van der Waals surface area (Å²) < 4.78 is 21.6. The van der Waals surface area contributed by atoms with Gasteiger partial charge in [-0.25, -0.2) is 0 Å². The van der Waals surface area contributed by atoms with Crippen molar-refractivity contribution in [1.29, 1.82) is 0 Å². The van der Waals surface area contributed by atoms with Crippen LogP contribution in [0.15, 0.2) is 47.6 Å². The molecule has 0 aliphatic heterocycles. The standard InChI is InChI=1S/C17H19NO5/c1-20-14-4-6-15(7-5-14)22-9-10-23-16-8-3-13(12-18-19)11-17(16)21-2/h3-8,11-12,19H,9-10H2,1-2H3. The molecule has 2 rings (SSSR count). The number of benzene rings is 2. The van der Waals surface area contributed by atoms with Crippen LogP contribution in [-0.2, 0) is 0 Å². The Hall–Kier alpha value is -2.89. The lowest BCUT2D eigenvalue weighted by atomic mass is 10.2. The first-order valence-electron chi connectivity index (χ1n) is 7.02. The first-order chi connectivity index (χ1) is 11.3. The molecule has 2 aromatic carbocycles. The Morgan fingerprint density at radius 1 is 0.870 bits per heavy atom. The Morgan fingerprint density at radius 2 is 1.57 bits per heavy atom. The molecule has 0 atom stereocenters. The van der Waals surface area contributed by atoms with E-state index in [1.165, 1.54) is 6.21 Å². The van der Waals surface area contributed by atoms with Gasteiger partial charge in [0.2, 0.25) is 0 Å². The molecule has 0 radical (unpaired) electrons. The average molecular weight is 317 g/mol. The zero-order valence-corrected chi connectivity index (χ0v) is 13.1. The summed E-state index contributed by atoms with van der Waals surface area (Å²) in [6, 6.07) is 12.6. The van der Waals surface area contributed by atoms with Gasteiger partial charge in [-0.1, -0.05) is 5.16 Å². The molecule has 6 heteroatoms. The first kappa shape index (κ1) is 16.5. The van der Waals surface area contributed by atoms with Crippen LogP contribution in [-0.4, -0.2) is 38.9 Å². The molecule has 0 unspecified atom stereocenters. The Kier molecular flexibility index (Phi) is 6.11. The van der Waals surface area contributed by atoms with Crippen LogP contribution in [0.3, 0.4) is 0 Å². The van der Waals surface area contributed by atoms with Crippen molar-refractivity contribution in [3.63, 3.8) is 0 Å². The number of hydrogen-bond donors (Lipinski definition) is 1. The lowest BCUT2D eigenvalue weighted by Gasteiger charge is -2.12. The number of hydrogen-bond acceptors (Lipinski definition) is 6. The van der Waals surface area contributed by atoms with Gasteiger partial charge < -0.3 is 24.2 Å². The third-order valence-electron chi connectivity index (χ3n) is 3.06. The van der Waals surface area contributed by atoms with Crippen molar-refractivity contribution < 1.29 is 24.2 Å².